The van der Waals surface area contributed by atoms with Crippen LogP contribution in [0.25, 0.3) is 0 Å². The minimum Gasteiger partial charge on any atom is -0.482 e. The summed E-state index contributed by atoms with van der Waals surface area (Å²) in [7, 11) is 0. The molecule has 1 aromatic carbocycles. The summed E-state index contributed by atoms with van der Waals surface area (Å²) >= 11 is 5.71. The van der Waals surface area contributed by atoms with E-state index in [0.29, 0.717) is 6.61 Å². The first-order valence-electron chi connectivity index (χ1n) is 8.03. The molecule has 2 rings (SSSR count). The maximum Gasteiger partial charge on any atom is 0.433 e. The molecule has 0 amide bonds. The number of aliphatic hydroxyl groups excluding tert-OH is 1. The van der Waals surface area contributed by atoms with Gasteiger partial charge in [0.25, 0.3) is 0 Å². The molecular formula is C18H21ClF3NO3. The highest BCUT2D eigenvalue weighted by Crippen LogP contribution is 2.32. The van der Waals surface area contributed by atoms with Crippen molar-refractivity contribution in [3.05, 3.63) is 58.9 Å². The number of aliphatic hydroxyl groups is 1. The van der Waals surface area contributed by atoms with Crippen LogP contribution in [0.1, 0.15) is 25.1 Å². The summed E-state index contributed by atoms with van der Waals surface area (Å²) < 4.78 is 48.4. The summed E-state index contributed by atoms with van der Waals surface area (Å²) in [6.45, 7) is 3.98. The minimum atomic E-state index is -4.59. The summed E-state index contributed by atoms with van der Waals surface area (Å²) in [5.41, 5.74) is -0.163. The maximum absolute atomic E-state index is 12.5. The molecule has 0 bridgehead atoms. The highest BCUT2D eigenvalue weighted by atomic mass is 35.5. The Morgan fingerprint density at radius 1 is 1.12 bits per heavy atom. The molecule has 1 N–H and O–H groups in total. The van der Waals surface area contributed by atoms with Gasteiger partial charge < -0.3 is 14.6 Å². The van der Waals surface area contributed by atoms with E-state index < -0.39 is 23.1 Å². The number of ether oxygens (including phenoxy) is 2. The Morgan fingerprint density at radius 2 is 1.77 bits per heavy atom. The summed E-state index contributed by atoms with van der Waals surface area (Å²) in [6.07, 6.45) is -5.36. The van der Waals surface area contributed by atoms with E-state index in [-0.39, 0.29) is 19.0 Å². The van der Waals surface area contributed by atoms with Crippen LogP contribution in [-0.4, -0.2) is 29.4 Å². The number of hydrogen-bond acceptors (Lipinski definition) is 4. The van der Waals surface area contributed by atoms with Crippen molar-refractivity contribution in [3.63, 3.8) is 0 Å². The molecule has 0 aliphatic rings. The highest BCUT2D eigenvalue weighted by molar-refractivity contribution is 6.30. The predicted molar refractivity (Wildman–Crippen MR) is 93.2 cm³/mol. The van der Waals surface area contributed by atoms with Crippen LogP contribution in [0.5, 0.6) is 5.75 Å². The van der Waals surface area contributed by atoms with Gasteiger partial charge in [0.2, 0.25) is 0 Å². The van der Waals surface area contributed by atoms with Gasteiger partial charge in [-0.3, -0.25) is 0 Å². The number of pyridine rings is 1. The van der Waals surface area contributed by atoms with Crippen LogP contribution in [0.4, 0.5) is 13.2 Å². The molecular weight excluding hydrogens is 371 g/mol. The lowest BCUT2D eigenvalue weighted by Crippen LogP contribution is -2.27. The molecule has 0 saturated carbocycles. The van der Waals surface area contributed by atoms with Gasteiger partial charge in [-0.25, -0.2) is 4.98 Å². The van der Waals surface area contributed by atoms with E-state index >= 15 is 0 Å². The molecule has 0 radical (unpaired) electrons. The second-order valence-corrected chi connectivity index (χ2v) is 5.26. The average Bonchev–Trinajstić information content (AvgIpc) is 2.64. The molecule has 0 aliphatic heterocycles. The first kappa shape index (κ1) is 22.2. The molecule has 0 spiro atoms. The Hall–Kier alpha value is -1.83. The number of alkyl halides is 3. The Kier molecular flexibility index (Phi) is 9.40. The third-order valence-corrected chi connectivity index (χ3v) is 3.29. The molecule has 0 saturated heterocycles. The zero-order valence-corrected chi connectivity index (χ0v) is 15.2. The van der Waals surface area contributed by atoms with Crippen molar-refractivity contribution in [2.24, 2.45) is 0 Å². The quantitative estimate of drug-likeness (QED) is 0.693. The molecule has 26 heavy (non-hydrogen) atoms. The molecule has 144 valence electrons. The normalized spacial score (nSPS) is 12.1. The van der Waals surface area contributed by atoms with Crippen molar-refractivity contribution in [3.8, 4) is 5.75 Å². The largest absolute Gasteiger partial charge is 0.482 e. The molecule has 1 atom stereocenters. The molecule has 4 nitrogen and oxygen atoms in total. The second kappa shape index (κ2) is 11.0. The first-order valence-corrected chi connectivity index (χ1v) is 8.41. The van der Waals surface area contributed by atoms with Crippen LogP contribution in [0.3, 0.4) is 0 Å². The number of nitrogens with zero attached hydrogens (tertiary/aromatic N) is 1. The van der Waals surface area contributed by atoms with Gasteiger partial charge in [-0.15, -0.1) is 0 Å². The number of aromatic nitrogens is 1. The van der Waals surface area contributed by atoms with Crippen LogP contribution in [-0.2, 0) is 17.5 Å². The summed E-state index contributed by atoms with van der Waals surface area (Å²) in [6, 6.07) is 11.2. The van der Waals surface area contributed by atoms with E-state index in [0.717, 1.165) is 17.7 Å². The highest BCUT2D eigenvalue weighted by Gasteiger charge is 2.33. The monoisotopic (exact) mass is 391 g/mol. The molecule has 2 aromatic rings. The van der Waals surface area contributed by atoms with Crippen molar-refractivity contribution in [2.75, 3.05) is 13.2 Å². The van der Waals surface area contributed by atoms with Gasteiger partial charge in [0.1, 0.15) is 11.8 Å². The summed E-state index contributed by atoms with van der Waals surface area (Å²) in [5, 5.41) is 8.89. The zero-order valence-electron chi connectivity index (χ0n) is 14.5. The summed E-state index contributed by atoms with van der Waals surface area (Å²) in [4.78, 5) is 3.25. The van der Waals surface area contributed by atoms with E-state index in [2.05, 4.69) is 4.98 Å². The van der Waals surface area contributed by atoms with Gasteiger partial charge in [-0.2, -0.15) is 13.2 Å². The van der Waals surface area contributed by atoms with E-state index in [1.54, 1.807) is 0 Å². The lowest BCUT2D eigenvalue weighted by atomic mass is 10.2. The van der Waals surface area contributed by atoms with Crippen LogP contribution >= 0.6 is 11.6 Å². The standard InChI is InChI=1S/C16H15ClF3NO3.C2H6/c17-15-13(6-7-14(21-15)16(18,19)20)24-12(8-22)10-23-9-11-4-2-1-3-5-11;1-2/h1-7,12,22H,8-10H2;1-2H3. The zero-order chi connectivity index (χ0) is 19.6. The van der Waals surface area contributed by atoms with Crippen molar-refractivity contribution in [2.45, 2.75) is 32.7 Å². The van der Waals surface area contributed by atoms with Gasteiger partial charge in [-0.1, -0.05) is 55.8 Å². The van der Waals surface area contributed by atoms with E-state index in [1.165, 1.54) is 0 Å². The van der Waals surface area contributed by atoms with Crippen molar-refractivity contribution in [1.29, 1.82) is 0 Å². The third kappa shape index (κ3) is 7.19. The van der Waals surface area contributed by atoms with E-state index in [1.807, 2.05) is 44.2 Å². The minimum absolute atomic E-state index is 0.0444. The summed E-state index contributed by atoms with van der Waals surface area (Å²) in [5.74, 6) is -0.0490. The van der Waals surface area contributed by atoms with Gasteiger partial charge in [0.15, 0.2) is 10.9 Å². The van der Waals surface area contributed by atoms with Crippen molar-refractivity contribution >= 4 is 11.6 Å². The van der Waals surface area contributed by atoms with Gasteiger partial charge in [-0.05, 0) is 17.7 Å². The molecule has 0 fully saturated rings. The fraction of sp³-hybridized carbons (Fsp3) is 0.389. The van der Waals surface area contributed by atoms with Crippen LogP contribution in [0.15, 0.2) is 42.5 Å². The van der Waals surface area contributed by atoms with Crippen molar-refractivity contribution < 1.29 is 27.8 Å². The SMILES string of the molecule is CC.OCC(COCc1ccccc1)Oc1ccc(C(F)(F)F)nc1Cl. The number of rotatable bonds is 7. The number of hydrogen-bond donors (Lipinski definition) is 1. The second-order valence-electron chi connectivity index (χ2n) is 4.91. The van der Waals surface area contributed by atoms with E-state index in [4.69, 9.17) is 21.1 Å². The Morgan fingerprint density at radius 3 is 2.31 bits per heavy atom. The molecule has 8 heteroatoms. The molecule has 1 aromatic heterocycles. The molecule has 1 heterocycles. The average molecular weight is 392 g/mol. The lowest BCUT2D eigenvalue weighted by molar-refractivity contribution is -0.141. The Balaban J connectivity index is 0.00000163. The van der Waals surface area contributed by atoms with Gasteiger partial charge in [0, 0.05) is 0 Å². The van der Waals surface area contributed by atoms with Crippen molar-refractivity contribution in [1.82, 2.24) is 4.98 Å². The Labute approximate surface area is 155 Å². The fourth-order valence-corrected chi connectivity index (χ4v) is 2.05. The number of benzene rings is 1. The third-order valence-electron chi connectivity index (χ3n) is 3.02. The smallest absolute Gasteiger partial charge is 0.433 e. The van der Waals surface area contributed by atoms with Gasteiger partial charge >= 0.3 is 6.18 Å². The number of halogens is 4. The topological polar surface area (TPSA) is 51.6 Å². The molecule has 1 unspecified atom stereocenters. The van der Waals surface area contributed by atoms with Crippen LogP contribution < -0.4 is 4.74 Å². The van der Waals surface area contributed by atoms with Gasteiger partial charge in [0.05, 0.1) is 19.8 Å². The fourth-order valence-electron chi connectivity index (χ4n) is 1.85. The van der Waals surface area contributed by atoms with Crippen LogP contribution in [0.2, 0.25) is 5.15 Å². The Bertz CT molecular complexity index is 654. The molecule has 0 aliphatic carbocycles. The van der Waals surface area contributed by atoms with E-state index in [9.17, 15) is 18.3 Å². The lowest BCUT2D eigenvalue weighted by Gasteiger charge is -2.18. The van der Waals surface area contributed by atoms with Crippen LogP contribution in [0, 0.1) is 0 Å². The predicted octanol–water partition coefficient (Wildman–Crippen LogP) is 4.74. The maximum atomic E-state index is 12.5. The first-order chi connectivity index (χ1) is 12.4.